The lowest BCUT2D eigenvalue weighted by atomic mass is 10.1. The first-order valence-corrected chi connectivity index (χ1v) is 3.33. The Morgan fingerprint density at radius 3 is 1.79 bits per heavy atom. The number of alkyl halides is 6. The van der Waals surface area contributed by atoms with Crippen LogP contribution in [0, 0.1) is 6.20 Å². The Bertz CT molecular complexity index is 305. The minimum absolute atomic E-state index is 0.718. The van der Waals surface area contributed by atoms with Gasteiger partial charge in [0.05, 0.1) is 16.8 Å². The molecule has 0 saturated carbocycles. The molecule has 0 unspecified atom stereocenters. The first-order valence-electron chi connectivity index (χ1n) is 3.33. The van der Waals surface area contributed by atoms with Crippen molar-refractivity contribution in [3.63, 3.8) is 0 Å². The molecule has 2 radical (unpaired) electrons. The SMILES string of the molecule is CC1=C(C(F)(F)F)C(C(F)(F)F)=[C][N]1. The van der Waals surface area contributed by atoms with Crippen molar-refractivity contribution in [1.29, 1.82) is 0 Å². The van der Waals surface area contributed by atoms with Crippen LogP contribution < -0.4 is 5.32 Å². The van der Waals surface area contributed by atoms with Crippen LogP contribution in [-0.2, 0) is 0 Å². The van der Waals surface area contributed by atoms with Crippen molar-refractivity contribution >= 4 is 0 Å². The molecule has 14 heavy (non-hydrogen) atoms. The molecule has 0 aromatic rings. The van der Waals surface area contributed by atoms with E-state index in [9.17, 15) is 26.3 Å². The number of hydrogen-bond acceptors (Lipinski definition) is 0. The molecule has 1 heterocycles. The van der Waals surface area contributed by atoms with Crippen LogP contribution >= 0.6 is 0 Å². The van der Waals surface area contributed by atoms with E-state index in [1.165, 1.54) is 6.20 Å². The Kier molecular flexibility index (Phi) is 2.29. The van der Waals surface area contributed by atoms with Crippen molar-refractivity contribution in [3.8, 4) is 0 Å². The van der Waals surface area contributed by atoms with Crippen LogP contribution in [0.3, 0.4) is 0 Å². The molecule has 0 spiro atoms. The smallest absolute Gasteiger partial charge is 0.250 e. The number of allylic oxidation sites excluding steroid dienone is 3. The molecule has 0 N–H and O–H groups in total. The van der Waals surface area contributed by atoms with Gasteiger partial charge in [-0.05, 0) is 6.92 Å². The lowest BCUT2D eigenvalue weighted by Crippen LogP contribution is -2.22. The van der Waals surface area contributed by atoms with Gasteiger partial charge in [-0.1, -0.05) is 0 Å². The van der Waals surface area contributed by atoms with Gasteiger partial charge in [0.1, 0.15) is 6.20 Å². The molecule has 0 aromatic heterocycles. The van der Waals surface area contributed by atoms with Crippen molar-refractivity contribution in [2.75, 3.05) is 0 Å². The quantitative estimate of drug-likeness (QED) is 0.551. The summed E-state index contributed by atoms with van der Waals surface area (Å²) in [4.78, 5) is 0. The number of hydrogen-bond donors (Lipinski definition) is 0. The van der Waals surface area contributed by atoms with Gasteiger partial charge in [-0.25, -0.2) is 0 Å². The average molecular weight is 215 g/mol. The third kappa shape index (κ3) is 1.85. The maximum Gasteiger partial charge on any atom is 0.419 e. The molecular weight excluding hydrogens is 212 g/mol. The highest BCUT2D eigenvalue weighted by molar-refractivity contribution is 5.43. The monoisotopic (exact) mass is 215 g/mol. The Labute approximate surface area is 75.1 Å². The summed E-state index contributed by atoms with van der Waals surface area (Å²) in [5.74, 6) is 0. The fourth-order valence-electron chi connectivity index (χ4n) is 0.984. The normalized spacial score (nSPS) is 18.4. The molecule has 1 rings (SSSR count). The molecule has 0 fully saturated rings. The Morgan fingerprint density at radius 2 is 1.50 bits per heavy atom. The fraction of sp³-hybridized carbons (Fsp3) is 0.429. The summed E-state index contributed by atoms with van der Waals surface area (Å²) in [5, 5.41) is 2.88. The molecule has 1 aliphatic rings. The van der Waals surface area contributed by atoms with Crippen LogP contribution in [0.1, 0.15) is 6.92 Å². The van der Waals surface area contributed by atoms with Gasteiger partial charge < -0.3 is 0 Å². The maximum atomic E-state index is 12.1. The molecular formula is C7H3F6N. The van der Waals surface area contributed by atoms with Crippen molar-refractivity contribution in [1.82, 2.24) is 5.32 Å². The zero-order valence-corrected chi connectivity index (χ0v) is 6.72. The largest absolute Gasteiger partial charge is 0.419 e. The highest BCUT2D eigenvalue weighted by Crippen LogP contribution is 2.43. The molecule has 0 bridgehead atoms. The predicted octanol–water partition coefficient (Wildman–Crippen LogP) is 2.69. The summed E-state index contributed by atoms with van der Waals surface area (Å²) in [6.45, 7) is 0.856. The third-order valence-corrected chi connectivity index (χ3v) is 1.51. The van der Waals surface area contributed by atoms with Crippen molar-refractivity contribution in [2.45, 2.75) is 19.3 Å². The molecule has 7 heteroatoms. The number of rotatable bonds is 0. The lowest BCUT2D eigenvalue weighted by Gasteiger charge is -2.14. The number of nitrogens with zero attached hydrogens (tertiary/aromatic N) is 1. The molecule has 1 aliphatic heterocycles. The summed E-state index contributed by atoms with van der Waals surface area (Å²) < 4.78 is 72.4. The van der Waals surface area contributed by atoms with E-state index >= 15 is 0 Å². The van der Waals surface area contributed by atoms with E-state index in [0.29, 0.717) is 0 Å². The van der Waals surface area contributed by atoms with E-state index in [-0.39, 0.29) is 0 Å². The molecule has 0 saturated heterocycles. The van der Waals surface area contributed by atoms with Gasteiger partial charge in [0.25, 0.3) is 0 Å². The van der Waals surface area contributed by atoms with Gasteiger partial charge in [-0.2, -0.15) is 26.3 Å². The fourth-order valence-corrected chi connectivity index (χ4v) is 0.984. The summed E-state index contributed by atoms with van der Waals surface area (Å²) in [6, 6.07) is 0. The van der Waals surface area contributed by atoms with Crippen LogP contribution in [-0.4, -0.2) is 12.4 Å². The second-order valence-electron chi connectivity index (χ2n) is 2.55. The van der Waals surface area contributed by atoms with Crippen molar-refractivity contribution < 1.29 is 26.3 Å². The summed E-state index contributed by atoms with van der Waals surface area (Å²) in [5.41, 5.74) is -4.34. The van der Waals surface area contributed by atoms with Gasteiger partial charge in [0, 0.05) is 0 Å². The average Bonchev–Trinajstić information content (AvgIpc) is 2.27. The van der Waals surface area contributed by atoms with Gasteiger partial charge in [0.2, 0.25) is 0 Å². The third-order valence-electron chi connectivity index (χ3n) is 1.51. The van der Waals surface area contributed by atoms with Crippen LogP contribution in [0.15, 0.2) is 16.8 Å². The second-order valence-corrected chi connectivity index (χ2v) is 2.55. The second kappa shape index (κ2) is 2.93. The van der Waals surface area contributed by atoms with Gasteiger partial charge in [-0.15, -0.1) is 0 Å². The first-order chi connectivity index (χ1) is 6.14. The van der Waals surface area contributed by atoms with E-state index in [1.807, 2.05) is 0 Å². The Balaban J connectivity index is 3.15. The minimum Gasteiger partial charge on any atom is -0.250 e. The standard InChI is InChI=1S/C7H3F6N/c1-3-5(7(11,12)13)4(2-14-3)6(8,9)10/h1H3. The topological polar surface area (TPSA) is 14.1 Å². The van der Waals surface area contributed by atoms with Gasteiger partial charge >= 0.3 is 12.4 Å². The minimum atomic E-state index is -5.08. The molecule has 0 aliphatic carbocycles. The molecule has 0 amide bonds. The Hall–Kier alpha value is -1.14. The van der Waals surface area contributed by atoms with Crippen molar-refractivity contribution in [2.24, 2.45) is 0 Å². The summed E-state index contributed by atoms with van der Waals surface area (Å²) in [6.07, 6.45) is -8.81. The zero-order valence-electron chi connectivity index (χ0n) is 6.72. The summed E-state index contributed by atoms with van der Waals surface area (Å²) in [7, 11) is 0. The van der Waals surface area contributed by atoms with E-state index in [4.69, 9.17) is 0 Å². The van der Waals surface area contributed by atoms with E-state index in [2.05, 4.69) is 5.32 Å². The number of halogens is 6. The highest BCUT2D eigenvalue weighted by Gasteiger charge is 2.50. The van der Waals surface area contributed by atoms with Crippen LogP contribution in [0.25, 0.3) is 0 Å². The highest BCUT2D eigenvalue weighted by atomic mass is 19.4. The molecule has 1 nitrogen and oxygen atoms in total. The van der Waals surface area contributed by atoms with Crippen LogP contribution in [0.5, 0.6) is 0 Å². The van der Waals surface area contributed by atoms with E-state index in [1.54, 1.807) is 0 Å². The van der Waals surface area contributed by atoms with Crippen LogP contribution in [0.4, 0.5) is 26.3 Å². The van der Waals surface area contributed by atoms with Crippen molar-refractivity contribution in [3.05, 3.63) is 23.0 Å². The maximum absolute atomic E-state index is 12.1. The zero-order chi connectivity index (χ0) is 11.1. The molecule has 0 atom stereocenters. The van der Waals surface area contributed by atoms with Crippen LogP contribution in [0.2, 0.25) is 0 Å². The predicted molar refractivity (Wildman–Crippen MR) is 33.7 cm³/mol. The summed E-state index contributed by atoms with van der Waals surface area (Å²) >= 11 is 0. The molecule has 78 valence electrons. The lowest BCUT2D eigenvalue weighted by molar-refractivity contribution is -0.118. The molecule has 0 aromatic carbocycles. The van der Waals surface area contributed by atoms with E-state index in [0.717, 1.165) is 6.92 Å². The van der Waals surface area contributed by atoms with Gasteiger partial charge in [-0.3, -0.25) is 5.32 Å². The van der Waals surface area contributed by atoms with E-state index < -0.39 is 29.2 Å². The first kappa shape index (κ1) is 10.9. The van der Waals surface area contributed by atoms with Gasteiger partial charge in [0.15, 0.2) is 0 Å². The Morgan fingerprint density at radius 1 is 1.00 bits per heavy atom.